The first kappa shape index (κ1) is 22.8. The van der Waals surface area contributed by atoms with E-state index in [0.717, 1.165) is 11.3 Å². The zero-order valence-corrected chi connectivity index (χ0v) is 18.5. The first-order valence-corrected chi connectivity index (χ1v) is 10.5. The number of carboxylic acids is 1. The quantitative estimate of drug-likeness (QED) is 0.514. The zero-order valence-electron chi connectivity index (χ0n) is 18.5. The molecular weight excluding hydrogens is 392 g/mol. The fourth-order valence-electron chi connectivity index (χ4n) is 4.88. The highest BCUT2D eigenvalue weighted by molar-refractivity contribution is 5.90. The highest BCUT2D eigenvalue weighted by atomic mass is 16.5. The molecule has 0 heterocycles. The smallest absolute Gasteiger partial charge is 0.311 e. The van der Waals surface area contributed by atoms with Crippen LogP contribution in [0.4, 0.5) is 0 Å². The summed E-state index contributed by atoms with van der Waals surface area (Å²) in [5.74, 6) is -0.0485. The van der Waals surface area contributed by atoms with E-state index in [0.29, 0.717) is 12.4 Å². The van der Waals surface area contributed by atoms with Crippen molar-refractivity contribution in [3.8, 4) is 11.5 Å². The summed E-state index contributed by atoms with van der Waals surface area (Å²) in [7, 11) is 1.55. The summed E-state index contributed by atoms with van der Waals surface area (Å²) >= 11 is 0. The van der Waals surface area contributed by atoms with Crippen LogP contribution in [0.25, 0.3) is 0 Å². The van der Waals surface area contributed by atoms with Crippen LogP contribution >= 0.6 is 0 Å². The van der Waals surface area contributed by atoms with Gasteiger partial charge in [0.15, 0.2) is 5.78 Å². The molecule has 3 atom stereocenters. The van der Waals surface area contributed by atoms with Crippen LogP contribution in [-0.4, -0.2) is 30.6 Å². The van der Waals surface area contributed by atoms with Gasteiger partial charge >= 0.3 is 5.97 Å². The van der Waals surface area contributed by atoms with Crippen LogP contribution in [0.3, 0.4) is 0 Å². The minimum absolute atomic E-state index is 0.0604. The molecule has 5 heteroatoms. The van der Waals surface area contributed by atoms with Crippen molar-refractivity contribution in [2.24, 2.45) is 16.7 Å². The van der Waals surface area contributed by atoms with Crippen molar-refractivity contribution in [2.45, 2.75) is 33.1 Å². The van der Waals surface area contributed by atoms with Crippen molar-refractivity contribution in [3.05, 3.63) is 72.3 Å². The monoisotopic (exact) mass is 422 g/mol. The molecule has 0 aromatic heterocycles. The Kier molecular flexibility index (Phi) is 6.65. The first-order valence-electron chi connectivity index (χ1n) is 10.5. The molecule has 2 aromatic rings. The highest BCUT2D eigenvalue weighted by Gasteiger charge is 2.76. The van der Waals surface area contributed by atoms with Crippen LogP contribution in [0.5, 0.6) is 11.5 Å². The molecule has 0 amide bonds. The normalized spacial score (nSPS) is 22.8. The van der Waals surface area contributed by atoms with Gasteiger partial charge in [0, 0.05) is 19.4 Å². The number of methoxy groups -OCH3 is 1. The fourth-order valence-corrected chi connectivity index (χ4v) is 4.88. The number of ether oxygens (including phenoxy) is 2. The van der Waals surface area contributed by atoms with E-state index >= 15 is 0 Å². The highest BCUT2D eigenvalue weighted by Crippen LogP contribution is 2.75. The number of hydrogen-bond acceptors (Lipinski definition) is 4. The summed E-state index contributed by atoms with van der Waals surface area (Å²) in [5, 5.41) is 10.3. The van der Waals surface area contributed by atoms with Gasteiger partial charge in [-0.25, -0.2) is 0 Å². The van der Waals surface area contributed by atoms with Crippen LogP contribution in [0.2, 0.25) is 0 Å². The van der Waals surface area contributed by atoms with E-state index in [1.54, 1.807) is 13.2 Å². The molecular formula is C26H30O5. The molecule has 0 saturated heterocycles. The summed E-state index contributed by atoms with van der Waals surface area (Å²) in [6, 6.07) is 17.1. The van der Waals surface area contributed by atoms with Crippen molar-refractivity contribution in [1.29, 1.82) is 0 Å². The largest absolute Gasteiger partial charge is 0.481 e. The average Bonchev–Trinajstić information content (AvgIpc) is 3.26. The van der Waals surface area contributed by atoms with Crippen LogP contribution < -0.4 is 4.74 Å². The molecule has 1 aliphatic rings. The van der Waals surface area contributed by atoms with E-state index in [2.05, 4.69) is 0 Å². The third-order valence-electron chi connectivity index (χ3n) is 6.65. The minimum atomic E-state index is -1.00. The molecule has 0 radical (unpaired) electrons. The molecule has 1 aliphatic carbocycles. The first-order chi connectivity index (χ1) is 14.7. The molecule has 5 nitrogen and oxygen atoms in total. The van der Waals surface area contributed by atoms with Crippen molar-refractivity contribution in [1.82, 2.24) is 0 Å². The van der Waals surface area contributed by atoms with Gasteiger partial charge in [-0.05, 0) is 47.2 Å². The lowest BCUT2D eigenvalue weighted by molar-refractivity contribution is -0.146. The second-order valence-corrected chi connectivity index (χ2v) is 8.65. The molecule has 31 heavy (non-hydrogen) atoms. The molecule has 0 aliphatic heterocycles. The van der Waals surface area contributed by atoms with Gasteiger partial charge in [-0.3, -0.25) is 9.59 Å². The molecule has 1 N–H and O–H groups in total. The maximum absolute atomic E-state index is 12.5. The number of carboxylic acid groups (broad SMARTS) is 1. The summed E-state index contributed by atoms with van der Waals surface area (Å²) in [6.45, 7) is 6.21. The second kappa shape index (κ2) is 9.06. The summed E-state index contributed by atoms with van der Waals surface area (Å²) in [5.41, 5.74) is -0.603. The minimum Gasteiger partial charge on any atom is -0.481 e. The molecule has 2 aromatic carbocycles. The van der Waals surface area contributed by atoms with Gasteiger partial charge in [0.1, 0.15) is 11.5 Å². The van der Waals surface area contributed by atoms with Crippen molar-refractivity contribution in [3.63, 3.8) is 0 Å². The zero-order chi connectivity index (χ0) is 22.6. The number of para-hydroxylation sites is 1. The Morgan fingerprint density at radius 3 is 2.42 bits per heavy atom. The van der Waals surface area contributed by atoms with E-state index in [-0.39, 0.29) is 24.0 Å². The topological polar surface area (TPSA) is 72.8 Å². The fraction of sp³-hybridized carbons (Fsp3) is 0.385. The Bertz CT molecular complexity index is 963. The number of benzene rings is 2. The van der Waals surface area contributed by atoms with Crippen molar-refractivity contribution >= 4 is 11.8 Å². The molecule has 1 unspecified atom stereocenters. The summed E-state index contributed by atoms with van der Waals surface area (Å²) in [6.07, 6.45) is 3.57. The summed E-state index contributed by atoms with van der Waals surface area (Å²) < 4.78 is 10.9. The van der Waals surface area contributed by atoms with Gasteiger partial charge in [0.25, 0.3) is 0 Å². The molecule has 0 spiro atoms. The number of aliphatic carboxylic acids is 1. The van der Waals surface area contributed by atoms with E-state index in [1.807, 2.05) is 75.4 Å². The second-order valence-electron chi connectivity index (χ2n) is 8.65. The number of rotatable bonds is 10. The van der Waals surface area contributed by atoms with Gasteiger partial charge in [-0.1, -0.05) is 57.2 Å². The standard InChI is InChI=1S/C26H30O5/c1-18(19-9-8-12-22(17-19)31-21-10-6-5-7-11-21)26(24(28)29)23(25(26,2)3)14-13-20(27)15-16-30-4/h5-14,17-18,23H,15-16H2,1-4H3,(H,28,29)/t18?,23-,26+/m1/s1. The van der Waals surface area contributed by atoms with E-state index in [4.69, 9.17) is 9.47 Å². The van der Waals surface area contributed by atoms with Gasteiger partial charge in [-0.2, -0.15) is 0 Å². The Morgan fingerprint density at radius 2 is 1.77 bits per heavy atom. The number of ketones is 1. The van der Waals surface area contributed by atoms with E-state index in [1.165, 1.54) is 6.08 Å². The van der Waals surface area contributed by atoms with Gasteiger partial charge in [0.05, 0.1) is 12.0 Å². The van der Waals surface area contributed by atoms with Crippen molar-refractivity contribution < 1.29 is 24.2 Å². The number of carbonyl (C=O) groups excluding carboxylic acids is 1. The molecule has 3 rings (SSSR count). The van der Waals surface area contributed by atoms with Crippen LogP contribution in [0, 0.1) is 16.7 Å². The van der Waals surface area contributed by atoms with E-state index < -0.39 is 16.8 Å². The predicted octanol–water partition coefficient (Wildman–Crippen LogP) is 5.47. The molecule has 164 valence electrons. The maximum atomic E-state index is 12.5. The number of hydrogen-bond donors (Lipinski definition) is 1. The van der Waals surface area contributed by atoms with Gasteiger partial charge < -0.3 is 14.6 Å². The third-order valence-corrected chi connectivity index (χ3v) is 6.65. The number of allylic oxidation sites excluding steroid dienone is 2. The van der Waals surface area contributed by atoms with Crippen molar-refractivity contribution in [2.75, 3.05) is 13.7 Å². The maximum Gasteiger partial charge on any atom is 0.311 e. The Morgan fingerprint density at radius 1 is 1.10 bits per heavy atom. The Hall–Kier alpha value is -2.92. The SMILES string of the molecule is COCCC(=O)C=C[C@@H]1C(C)(C)[C@@]1(C(=O)O)C(C)c1cccc(Oc2ccccc2)c1. The van der Waals surface area contributed by atoms with Gasteiger partial charge in [0.2, 0.25) is 0 Å². The van der Waals surface area contributed by atoms with Gasteiger partial charge in [-0.15, -0.1) is 0 Å². The molecule has 0 bridgehead atoms. The van der Waals surface area contributed by atoms with Crippen LogP contribution in [0.1, 0.15) is 38.7 Å². The lowest BCUT2D eigenvalue weighted by Crippen LogP contribution is -2.28. The lowest BCUT2D eigenvalue weighted by Gasteiger charge is -2.24. The third kappa shape index (κ3) is 4.28. The number of carbonyl (C=O) groups is 2. The van der Waals surface area contributed by atoms with E-state index in [9.17, 15) is 14.7 Å². The Labute approximate surface area is 183 Å². The Balaban J connectivity index is 1.86. The lowest BCUT2D eigenvalue weighted by atomic mass is 9.79. The van der Waals surface area contributed by atoms with Crippen LogP contribution in [0.15, 0.2) is 66.7 Å². The molecule has 1 fully saturated rings. The predicted molar refractivity (Wildman–Crippen MR) is 119 cm³/mol. The summed E-state index contributed by atoms with van der Waals surface area (Å²) in [4.78, 5) is 24.6. The average molecular weight is 423 g/mol. The molecule has 1 saturated carbocycles. The van der Waals surface area contributed by atoms with Crippen LogP contribution in [-0.2, 0) is 14.3 Å².